The molecule has 0 N–H and O–H groups in total. The molecule has 0 saturated heterocycles. The second-order valence-corrected chi connectivity index (χ2v) is 6.85. The van der Waals surface area contributed by atoms with E-state index in [4.69, 9.17) is 20.8 Å². The van der Waals surface area contributed by atoms with Crippen molar-refractivity contribution in [3.8, 4) is 17.2 Å². The van der Waals surface area contributed by atoms with E-state index >= 15 is 0 Å². The van der Waals surface area contributed by atoms with Gasteiger partial charge in [-0.05, 0) is 73.7 Å². The van der Waals surface area contributed by atoms with Gasteiger partial charge in [0.25, 0.3) is 0 Å². The lowest BCUT2D eigenvalue weighted by atomic mass is 10.1. The van der Waals surface area contributed by atoms with Crippen LogP contribution in [-0.2, 0) is 19.3 Å². The lowest BCUT2D eigenvalue weighted by molar-refractivity contribution is 0.319. The van der Waals surface area contributed by atoms with Gasteiger partial charge in [-0.1, -0.05) is 17.7 Å². The van der Waals surface area contributed by atoms with Crippen molar-refractivity contribution in [3.05, 3.63) is 70.1 Å². The molecule has 0 aliphatic heterocycles. The number of benzene rings is 2. The molecule has 1 aliphatic rings. The summed E-state index contributed by atoms with van der Waals surface area (Å²) < 4.78 is 11.7. The minimum atomic E-state index is 0.590. The van der Waals surface area contributed by atoms with E-state index in [1.807, 2.05) is 31.2 Å². The maximum Gasteiger partial charge on any atom is 0.226 e. The molecule has 0 fully saturated rings. The van der Waals surface area contributed by atoms with Crippen molar-refractivity contribution >= 4 is 11.6 Å². The van der Waals surface area contributed by atoms with Gasteiger partial charge in [-0.2, -0.15) is 0 Å². The Balaban J connectivity index is 1.40. The van der Waals surface area contributed by atoms with Crippen LogP contribution in [0, 0.1) is 6.92 Å². The molecule has 4 heteroatoms. The van der Waals surface area contributed by atoms with Gasteiger partial charge in [-0.3, -0.25) is 0 Å². The largest absolute Gasteiger partial charge is 0.493 e. The van der Waals surface area contributed by atoms with Crippen LogP contribution < -0.4 is 4.74 Å². The van der Waals surface area contributed by atoms with Crippen LogP contribution in [0.2, 0.25) is 5.02 Å². The van der Waals surface area contributed by atoms with Crippen molar-refractivity contribution in [2.24, 2.45) is 0 Å². The van der Waals surface area contributed by atoms with Gasteiger partial charge in [0.2, 0.25) is 5.89 Å². The van der Waals surface area contributed by atoms with Crippen molar-refractivity contribution < 1.29 is 9.15 Å². The Morgan fingerprint density at radius 3 is 2.72 bits per heavy atom. The second-order valence-electron chi connectivity index (χ2n) is 6.41. The Labute approximate surface area is 152 Å². The molecule has 1 aromatic heterocycles. The van der Waals surface area contributed by atoms with Crippen molar-refractivity contribution in [3.63, 3.8) is 0 Å². The lowest BCUT2D eigenvalue weighted by Gasteiger charge is -2.07. The minimum absolute atomic E-state index is 0.590. The number of oxazole rings is 1. The van der Waals surface area contributed by atoms with Gasteiger partial charge < -0.3 is 9.15 Å². The highest BCUT2D eigenvalue weighted by Crippen LogP contribution is 2.27. The standard InChI is InChI=1S/C21H20ClNO2/c1-14-20(23-21(25-14)16-5-8-18(22)9-6-16)11-12-24-19-10-7-15-3-2-4-17(15)13-19/h5-10,13H,2-4,11-12H2,1H3. The van der Waals surface area contributed by atoms with E-state index in [0.717, 1.165) is 29.2 Å². The van der Waals surface area contributed by atoms with E-state index in [9.17, 15) is 0 Å². The van der Waals surface area contributed by atoms with Crippen LogP contribution in [0.4, 0.5) is 0 Å². The topological polar surface area (TPSA) is 35.3 Å². The zero-order valence-corrected chi connectivity index (χ0v) is 15.0. The molecule has 0 spiro atoms. The SMILES string of the molecule is Cc1oc(-c2ccc(Cl)cc2)nc1CCOc1ccc2c(c1)CCC2. The summed E-state index contributed by atoms with van der Waals surface area (Å²) in [5.41, 5.74) is 4.76. The number of halogens is 1. The smallest absolute Gasteiger partial charge is 0.226 e. The summed E-state index contributed by atoms with van der Waals surface area (Å²) in [6.45, 7) is 2.53. The maximum atomic E-state index is 5.93. The van der Waals surface area contributed by atoms with Crippen LogP contribution in [-0.4, -0.2) is 11.6 Å². The van der Waals surface area contributed by atoms with E-state index in [2.05, 4.69) is 23.2 Å². The maximum absolute atomic E-state index is 5.93. The Kier molecular flexibility index (Phi) is 4.50. The number of fused-ring (bicyclic) bond motifs is 1. The first-order valence-electron chi connectivity index (χ1n) is 8.66. The van der Waals surface area contributed by atoms with Gasteiger partial charge in [-0.15, -0.1) is 0 Å². The number of aryl methyl sites for hydroxylation is 3. The Bertz CT molecular complexity index is 883. The highest BCUT2D eigenvalue weighted by molar-refractivity contribution is 6.30. The van der Waals surface area contributed by atoms with Crippen LogP contribution in [0.1, 0.15) is 29.0 Å². The third-order valence-electron chi connectivity index (χ3n) is 4.66. The third-order valence-corrected chi connectivity index (χ3v) is 4.91. The summed E-state index contributed by atoms with van der Waals surface area (Å²) in [6, 6.07) is 13.9. The summed E-state index contributed by atoms with van der Waals surface area (Å²) in [6.07, 6.45) is 4.34. The van der Waals surface area contributed by atoms with Crippen LogP contribution in [0.5, 0.6) is 5.75 Å². The number of hydrogen-bond acceptors (Lipinski definition) is 3. The van der Waals surface area contributed by atoms with Crippen LogP contribution in [0.15, 0.2) is 46.9 Å². The molecule has 0 unspecified atom stereocenters. The van der Waals surface area contributed by atoms with Gasteiger partial charge in [0.05, 0.1) is 12.3 Å². The van der Waals surface area contributed by atoms with Gasteiger partial charge in [0.1, 0.15) is 11.5 Å². The number of aromatic nitrogens is 1. The predicted molar refractivity (Wildman–Crippen MR) is 99.4 cm³/mol. The molecule has 1 heterocycles. The van der Waals surface area contributed by atoms with Gasteiger partial charge in [0.15, 0.2) is 0 Å². The zero-order chi connectivity index (χ0) is 17.2. The van der Waals surface area contributed by atoms with E-state index < -0.39 is 0 Å². The number of ether oxygens (including phenoxy) is 1. The summed E-state index contributed by atoms with van der Waals surface area (Å²) in [7, 11) is 0. The average molecular weight is 354 g/mol. The summed E-state index contributed by atoms with van der Waals surface area (Å²) in [5, 5.41) is 0.704. The van der Waals surface area contributed by atoms with E-state index in [0.29, 0.717) is 17.5 Å². The first kappa shape index (κ1) is 16.2. The zero-order valence-electron chi connectivity index (χ0n) is 14.2. The van der Waals surface area contributed by atoms with Crippen LogP contribution >= 0.6 is 11.6 Å². The third kappa shape index (κ3) is 3.57. The Hall–Kier alpha value is -2.26. The number of hydrogen-bond donors (Lipinski definition) is 0. The molecule has 2 aromatic carbocycles. The molecule has 0 atom stereocenters. The van der Waals surface area contributed by atoms with Gasteiger partial charge >= 0.3 is 0 Å². The van der Waals surface area contributed by atoms with Gasteiger partial charge in [-0.25, -0.2) is 4.98 Å². The summed E-state index contributed by atoms with van der Waals surface area (Å²) in [5.74, 6) is 2.41. The van der Waals surface area contributed by atoms with Crippen molar-refractivity contribution in [1.29, 1.82) is 0 Å². The molecule has 0 bridgehead atoms. The van der Waals surface area contributed by atoms with Crippen molar-refractivity contribution in [2.75, 3.05) is 6.61 Å². The van der Waals surface area contributed by atoms with E-state index in [1.165, 1.54) is 30.4 Å². The quantitative estimate of drug-likeness (QED) is 0.614. The molecule has 128 valence electrons. The van der Waals surface area contributed by atoms with Crippen LogP contribution in [0.3, 0.4) is 0 Å². The molecule has 1 aliphatic carbocycles. The normalized spacial score (nSPS) is 13.0. The molecule has 3 aromatic rings. The van der Waals surface area contributed by atoms with E-state index in [-0.39, 0.29) is 0 Å². The van der Waals surface area contributed by atoms with Gasteiger partial charge in [0, 0.05) is 17.0 Å². The fourth-order valence-corrected chi connectivity index (χ4v) is 3.41. The molecular weight excluding hydrogens is 334 g/mol. The minimum Gasteiger partial charge on any atom is -0.493 e. The van der Waals surface area contributed by atoms with E-state index in [1.54, 1.807) is 0 Å². The second kappa shape index (κ2) is 6.93. The first-order chi connectivity index (χ1) is 12.2. The van der Waals surface area contributed by atoms with Crippen molar-refractivity contribution in [2.45, 2.75) is 32.6 Å². The van der Waals surface area contributed by atoms with Crippen LogP contribution in [0.25, 0.3) is 11.5 Å². The fraction of sp³-hybridized carbons (Fsp3) is 0.286. The number of rotatable bonds is 5. The number of nitrogens with zero attached hydrogens (tertiary/aromatic N) is 1. The fourth-order valence-electron chi connectivity index (χ4n) is 3.28. The lowest BCUT2D eigenvalue weighted by Crippen LogP contribution is -2.03. The Morgan fingerprint density at radius 2 is 1.88 bits per heavy atom. The van der Waals surface area contributed by atoms with Crippen molar-refractivity contribution in [1.82, 2.24) is 4.98 Å². The molecule has 4 rings (SSSR count). The Morgan fingerprint density at radius 1 is 1.08 bits per heavy atom. The molecule has 0 saturated carbocycles. The monoisotopic (exact) mass is 353 g/mol. The molecule has 0 radical (unpaired) electrons. The predicted octanol–water partition coefficient (Wildman–Crippen LogP) is 5.41. The molecule has 0 amide bonds. The average Bonchev–Trinajstić information content (AvgIpc) is 3.22. The first-order valence-corrected chi connectivity index (χ1v) is 9.04. The summed E-state index contributed by atoms with van der Waals surface area (Å²) >= 11 is 5.93. The highest BCUT2D eigenvalue weighted by Gasteiger charge is 2.13. The summed E-state index contributed by atoms with van der Waals surface area (Å²) in [4.78, 5) is 4.61. The molecular formula is C21H20ClNO2. The molecule has 25 heavy (non-hydrogen) atoms. The highest BCUT2D eigenvalue weighted by atomic mass is 35.5. The molecule has 3 nitrogen and oxygen atoms in total.